The van der Waals surface area contributed by atoms with Crippen molar-refractivity contribution in [3.05, 3.63) is 11.5 Å². The normalized spacial score (nSPS) is 22.6. The van der Waals surface area contributed by atoms with Crippen molar-refractivity contribution in [2.75, 3.05) is 36.5 Å². The molecule has 1 fully saturated rings. The first-order valence-electron chi connectivity index (χ1n) is 9.23. The van der Waals surface area contributed by atoms with E-state index in [0.717, 1.165) is 50.4 Å². The van der Waals surface area contributed by atoms with Gasteiger partial charge in [0, 0.05) is 32.7 Å². The Morgan fingerprint density at radius 3 is 2.60 bits per heavy atom. The summed E-state index contributed by atoms with van der Waals surface area (Å²) in [5.74, 6) is 1.60. The molecule has 0 unspecified atom stereocenters. The summed E-state index contributed by atoms with van der Waals surface area (Å²) in [6.07, 6.45) is 4.51. The standard InChI is InChI=1S/C18H28ClN5O/c1-5-14-17(25)22(4)15-10-20-18(19)21-16(15)24(14)13-6-8-23(9-7-13)11-12(2)3/h10,12-14H,5-9,11H2,1-4H3/t14-/m1/s1. The molecule has 1 amide bonds. The lowest BCUT2D eigenvalue weighted by atomic mass is 9.97. The lowest BCUT2D eigenvalue weighted by Crippen LogP contribution is -2.58. The number of hydrogen-bond donors (Lipinski definition) is 0. The predicted molar refractivity (Wildman–Crippen MR) is 101 cm³/mol. The zero-order chi connectivity index (χ0) is 18.1. The van der Waals surface area contributed by atoms with Gasteiger partial charge in [-0.1, -0.05) is 20.8 Å². The third-order valence-corrected chi connectivity index (χ3v) is 5.42. The zero-order valence-corrected chi connectivity index (χ0v) is 16.3. The molecule has 1 saturated heterocycles. The molecule has 7 heteroatoms. The smallest absolute Gasteiger partial charge is 0.249 e. The van der Waals surface area contributed by atoms with Crippen LogP contribution in [0.4, 0.5) is 11.5 Å². The van der Waals surface area contributed by atoms with E-state index in [2.05, 4.69) is 40.5 Å². The van der Waals surface area contributed by atoms with Crippen molar-refractivity contribution in [3.8, 4) is 0 Å². The van der Waals surface area contributed by atoms with Crippen molar-refractivity contribution >= 4 is 29.0 Å². The zero-order valence-electron chi connectivity index (χ0n) is 15.6. The highest BCUT2D eigenvalue weighted by atomic mass is 35.5. The summed E-state index contributed by atoms with van der Waals surface area (Å²) in [6.45, 7) is 9.84. The van der Waals surface area contributed by atoms with E-state index in [1.165, 1.54) is 0 Å². The monoisotopic (exact) mass is 365 g/mol. The lowest BCUT2D eigenvalue weighted by Gasteiger charge is -2.47. The molecule has 25 heavy (non-hydrogen) atoms. The van der Waals surface area contributed by atoms with Crippen molar-refractivity contribution in [2.24, 2.45) is 5.92 Å². The van der Waals surface area contributed by atoms with Crippen molar-refractivity contribution < 1.29 is 4.79 Å². The minimum absolute atomic E-state index is 0.116. The van der Waals surface area contributed by atoms with Gasteiger partial charge in [0.05, 0.1) is 6.20 Å². The van der Waals surface area contributed by atoms with Crippen LogP contribution in [0.1, 0.15) is 40.0 Å². The number of carbonyl (C=O) groups is 1. The Morgan fingerprint density at radius 2 is 2.00 bits per heavy atom. The Kier molecular flexibility index (Phi) is 5.49. The fourth-order valence-corrected chi connectivity index (χ4v) is 4.21. The van der Waals surface area contributed by atoms with Crippen LogP contribution in [0.5, 0.6) is 0 Å². The van der Waals surface area contributed by atoms with E-state index in [0.29, 0.717) is 12.0 Å². The van der Waals surface area contributed by atoms with Crippen LogP contribution in [0.3, 0.4) is 0 Å². The van der Waals surface area contributed by atoms with Crippen LogP contribution < -0.4 is 9.80 Å². The van der Waals surface area contributed by atoms with Gasteiger partial charge in [-0.15, -0.1) is 0 Å². The van der Waals surface area contributed by atoms with Gasteiger partial charge < -0.3 is 14.7 Å². The van der Waals surface area contributed by atoms with Crippen LogP contribution in [0.15, 0.2) is 6.20 Å². The van der Waals surface area contributed by atoms with E-state index in [1.54, 1.807) is 18.1 Å². The van der Waals surface area contributed by atoms with Crippen LogP contribution in [0.2, 0.25) is 5.28 Å². The molecule has 0 radical (unpaired) electrons. The Hall–Kier alpha value is -1.40. The van der Waals surface area contributed by atoms with Gasteiger partial charge in [-0.05, 0) is 36.8 Å². The van der Waals surface area contributed by atoms with E-state index in [-0.39, 0.29) is 17.2 Å². The highest BCUT2D eigenvalue weighted by Crippen LogP contribution is 2.38. The van der Waals surface area contributed by atoms with Crippen LogP contribution in [-0.4, -0.2) is 59.5 Å². The maximum Gasteiger partial charge on any atom is 0.249 e. The Bertz CT molecular complexity index is 630. The molecule has 0 bridgehead atoms. The molecule has 138 valence electrons. The van der Waals surface area contributed by atoms with E-state index in [9.17, 15) is 4.79 Å². The Labute approximate surface area is 155 Å². The molecule has 0 aromatic carbocycles. The second-order valence-corrected chi connectivity index (χ2v) is 7.84. The highest BCUT2D eigenvalue weighted by molar-refractivity contribution is 6.28. The fourth-order valence-electron chi connectivity index (χ4n) is 4.08. The molecule has 2 aliphatic heterocycles. The van der Waals surface area contributed by atoms with Gasteiger partial charge in [0.15, 0.2) is 5.82 Å². The van der Waals surface area contributed by atoms with Gasteiger partial charge in [0.1, 0.15) is 11.7 Å². The molecular formula is C18H28ClN5O. The quantitative estimate of drug-likeness (QED) is 0.768. The summed E-state index contributed by atoms with van der Waals surface area (Å²) in [4.78, 5) is 27.8. The number of hydrogen-bond acceptors (Lipinski definition) is 5. The van der Waals surface area contributed by atoms with Crippen molar-refractivity contribution in [2.45, 2.75) is 52.1 Å². The Morgan fingerprint density at radius 1 is 1.32 bits per heavy atom. The van der Waals surface area contributed by atoms with Gasteiger partial charge in [0.2, 0.25) is 11.2 Å². The summed E-state index contributed by atoms with van der Waals surface area (Å²) in [7, 11) is 1.80. The topological polar surface area (TPSA) is 52.6 Å². The third-order valence-electron chi connectivity index (χ3n) is 5.24. The molecule has 0 saturated carbocycles. The SMILES string of the molecule is CC[C@@H]1C(=O)N(C)c2cnc(Cl)nc2N1C1CCN(CC(C)C)CC1. The number of fused-ring (bicyclic) bond motifs is 1. The van der Waals surface area contributed by atoms with Gasteiger partial charge >= 0.3 is 0 Å². The van der Waals surface area contributed by atoms with E-state index < -0.39 is 0 Å². The van der Waals surface area contributed by atoms with Crippen LogP contribution in [0.25, 0.3) is 0 Å². The number of amides is 1. The van der Waals surface area contributed by atoms with Crippen molar-refractivity contribution in [3.63, 3.8) is 0 Å². The number of likely N-dealkylation sites (tertiary alicyclic amines) is 1. The lowest BCUT2D eigenvalue weighted by molar-refractivity contribution is -0.120. The maximum atomic E-state index is 12.9. The molecule has 1 aromatic heterocycles. The average Bonchev–Trinajstić information content (AvgIpc) is 2.58. The van der Waals surface area contributed by atoms with Crippen molar-refractivity contribution in [1.29, 1.82) is 0 Å². The second kappa shape index (κ2) is 7.46. The van der Waals surface area contributed by atoms with Crippen molar-refractivity contribution in [1.82, 2.24) is 14.9 Å². The van der Waals surface area contributed by atoms with Crippen LogP contribution in [-0.2, 0) is 4.79 Å². The number of aromatic nitrogens is 2. The molecule has 6 nitrogen and oxygen atoms in total. The maximum absolute atomic E-state index is 12.9. The second-order valence-electron chi connectivity index (χ2n) is 7.50. The van der Waals surface area contributed by atoms with E-state index >= 15 is 0 Å². The summed E-state index contributed by atoms with van der Waals surface area (Å²) in [6, 6.07) is 0.140. The largest absolute Gasteiger partial charge is 0.340 e. The first-order chi connectivity index (χ1) is 11.9. The number of piperidine rings is 1. The summed E-state index contributed by atoms with van der Waals surface area (Å²) in [5, 5.41) is 0.235. The minimum Gasteiger partial charge on any atom is -0.340 e. The van der Waals surface area contributed by atoms with Crippen LogP contribution in [0, 0.1) is 5.92 Å². The number of anilines is 2. The van der Waals surface area contributed by atoms with Gasteiger partial charge in [0.25, 0.3) is 0 Å². The van der Waals surface area contributed by atoms with Gasteiger partial charge in [-0.3, -0.25) is 4.79 Å². The number of likely N-dealkylation sites (N-methyl/N-ethyl adjacent to an activating group) is 1. The van der Waals surface area contributed by atoms with Crippen LogP contribution >= 0.6 is 11.6 Å². The van der Waals surface area contributed by atoms with Gasteiger partial charge in [-0.25, -0.2) is 4.98 Å². The molecule has 3 rings (SSSR count). The highest BCUT2D eigenvalue weighted by Gasteiger charge is 2.41. The third kappa shape index (κ3) is 3.60. The van der Waals surface area contributed by atoms with E-state index in [1.807, 2.05) is 0 Å². The summed E-state index contributed by atoms with van der Waals surface area (Å²) < 4.78 is 0. The van der Waals surface area contributed by atoms with E-state index in [4.69, 9.17) is 11.6 Å². The molecule has 0 spiro atoms. The summed E-state index contributed by atoms with van der Waals surface area (Å²) in [5.41, 5.74) is 0.753. The molecule has 1 aromatic rings. The Balaban J connectivity index is 1.87. The molecule has 1 atom stereocenters. The first-order valence-corrected chi connectivity index (χ1v) is 9.61. The predicted octanol–water partition coefficient (Wildman–Crippen LogP) is 2.81. The van der Waals surface area contributed by atoms with Gasteiger partial charge in [-0.2, -0.15) is 4.98 Å². The number of halogens is 1. The number of nitrogens with zero attached hydrogens (tertiary/aromatic N) is 5. The molecule has 0 aliphatic carbocycles. The molecule has 3 heterocycles. The minimum atomic E-state index is -0.176. The number of rotatable bonds is 4. The fraction of sp³-hybridized carbons (Fsp3) is 0.722. The molecule has 0 N–H and O–H groups in total. The number of carbonyl (C=O) groups excluding carboxylic acids is 1. The first kappa shape index (κ1) is 18.4. The average molecular weight is 366 g/mol. The molecular weight excluding hydrogens is 338 g/mol. The molecule has 2 aliphatic rings. The summed E-state index contributed by atoms with van der Waals surface area (Å²) >= 11 is 6.08.